The number of carbonyl (C=O) groups excluding carboxylic acids is 1. The highest BCUT2D eigenvalue weighted by Crippen LogP contribution is 2.33. The Kier molecular flexibility index (Phi) is 4.82. The van der Waals surface area contributed by atoms with Gasteiger partial charge in [0.15, 0.2) is 6.10 Å². The maximum Gasteiger partial charge on any atom is 0.419 e. The van der Waals surface area contributed by atoms with E-state index in [9.17, 15) is 18.0 Å². The zero-order valence-electron chi connectivity index (χ0n) is 14.8. The van der Waals surface area contributed by atoms with E-state index < -0.39 is 17.8 Å². The van der Waals surface area contributed by atoms with Crippen molar-refractivity contribution in [3.63, 3.8) is 0 Å². The van der Waals surface area contributed by atoms with Gasteiger partial charge in [-0.15, -0.1) is 0 Å². The Morgan fingerprint density at radius 3 is 2.54 bits per heavy atom. The number of ether oxygens (including phenoxy) is 1. The third kappa shape index (κ3) is 3.61. The van der Waals surface area contributed by atoms with Crippen molar-refractivity contribution in [2.75, 3.05) is 31.1 Å². The third-order valence-electron chi connectivity index (χ3n) is 5.03. The lowest BCUT2D eigenvalue weighted by Gasteiger charge is -2.32. The molecule has 5 nitrogen and oxygen atoms in total. The van der Waals surface area contributed by atoms with Gasteiger partial charge in [-0.1, -0.05) is 29.8 Å². The Bertz CT molecular complexity index is 873. The maximum atomic E-state index is 12.8. The molecular formula is C19H18ClF3N3O2+. The van der Waals surface area contributed by atoms with Crippen molar-refractivity contribution in [2.24, 2.45) is 0 Å². The summed E-state index contributed by atoms with van der Waals surface area (Å²) in [5, 5.41) is 0.00387. The Labute approximate surface area is 164 Å². The van der Waals surface area contributed by atoms with E-state index in [0.29, 0.717) is 38.4 Å². The van der Waals surface area contributed by atoms with Crippen molar-refractivity contribution in [1.82, 2.24) is 4.90 Å². The van der Waals surface area contributed by atoms with Crippen molar-refractivity contribution in [1.29, 1.82) is 0 Å². The lowest BCUT2D eigenvalue weighted by Crippen LogP contribution is -2.53. The normalized spacial score (nSPS) is 19.4. The highest BCUT2D eigenvalue weighted by atomic mass is 35.5. The average Bonchev–Trinajstić information content (AvgIpc) is 3.11. The molecule has 9 heteroatoms. The molecule has 3 heterocycles. The minimum Gasteiger partial charge on any atom is -0.480 e. The number of halogens is 4. The molecule has 4 rings (SSSR count). The molecule has 1 fully saturated rings. The number of nitrogens with zero attached hydrogens (tertiary/aromatic N) is 2. The fourth-order valence-corrected chi connectivity index (χ4v) is 3.83. The van der Waals surface area contributed by atoms with Gasteiger partial charge in [0.2, 0.25) is 0 Å². The smallest absolute Gasteiger partial charge is 0.419 e. The van der Waals surface area contributed by atoms with Crippen molar-refractivity contribution in [3.8, 4) is 5.75 Å². The SMILES string of the molecule is O=C([C@H]1Cc2ccccc2O1)N1CCN(c2[nH+]cc(C(F)(F)F)cc2Cl)CC1. The van der Waals surface area contributed by atoms with E-state index in [1.807, 2.05) is 29.2 Å². The maximum absolute atomic E-state index is 12.8. The predicted octanol–water partition coefficient (Wildman–Crippen LogP) is 2.83. The van der Waals surface area contributed by atoms with Gasteiger partial charge in [-0.3, -0.25) is 9.69 Å². The Hall–Kier alpha value is -2.48. The number of rotatable bonds is 2. The number of alkyl halides is 3. The summed E-state index contributed by atoms with van der Waals surface area (Å²) < 4.78 is 44.1. The van der Waals surface area contributed by atoms with E-state index in [4.69, 9.17) is 16.3 Å². The largest absolute Gasteiger partial charge is 0.480 e. The molecule has 148 valence electrons. The van der Waals surface area contributed by atoms with Crippen LogP contribution in [0.4, 0.5) is 19.0 Å². The van der Waals surface area contributed by atoms with E-state index in [0.717, 1.165) is 23.6 Å². The van der Waals surface area contributed by atoms with Gasteiger partial charge in [-0.05, 0) is 17.7 Å². The fraction of sp³-hybridized carbons (Fsp3) is 0.368. The number of nitrogens with one attached hydrogen (secondary N) is 1. The van der Waals surface area contributed by atoms with Gasteiger partial charge in [-0.25, -0.2) is 4.98 Å². The second-order valence-corrected chi connectivity index (χ2v) is 7.22. The summed E-state index contributed by atoms with van der Waals surface area (Å²) in [4.78, 5) is 19.0. The van der Waals surface area contributed by atoms with Gasteiger partial charge in [0.25, 0.3) is 11.7 Å². The summed E-state index contributed by atoms with van der Waals surface area (Å²) in [5.41, 5.74) is 0.193. The first kappa shape index (κ1) is 18.9. The van der Waals surface area contributed by atoms with Crippen LogP contribution in [0.25, 0.3) is 0 Å². The molecule has 0 spiro atoms. The van der Waals surface area contributed by atoms with Crippen molar-refractivity contribution < 1.29 is 27.7 Å². The molecule has 1 atom stereocenters. The summed E-state index contributed by atoms with van der Waals surface area (Å²) in [6, 6.07) is 8.49. The lowest BCUT2D eigenvalue weighted by atomic mass is 10.1. The number of aromatic amines is 1. The number of anilines is 1. The highest BCUT2D eigenvalue weighted by Gasteiger charge is 2.37. The van der Waals surface area contributed by atoms with Crippen LogP contribution >= 0.6 is 11.6 Å². The molecule has 1 aromatic heterocycles. The Balaban J connectivity index is 1.38. The molecule has 1 amide bonds. The van der Waals surface area contributed by atoms with Crippen molar-refractivity contribution in [3.05, 3.63) is 52.7 Å². The van der Waals surface area contributed by atoms with E-state index >= 15 is 0 Å². The fourth-order valence-electron chi connectivity index (χ4n) is 3.54. The number of hydrogen-bond acceptors (Lipinski definition) is 3. The quantitative estimate of drug-likeness (QED) is 0.762. The summed E-state index contributed by atoms with van der Waals surface area (Å²) in [6.45, 7) is 1.82. The van der Waals surface area contributed by atoms with E-state index in [-0.39, 0.29) is 10.9 Å². The molecule has 0 saturated carbocycles. The minimum atomic E-state index is -4.46. The van der Waals surface area contributed by atoms with Crippen LogP contribution in [-0.2, 0) is 17.4 Å². The molecular weight excluding hydrogens is 395 g/mol. The highest BCUT2D eigenvalue weighted by molar-refractivity contribution is 6.32. The van der Waals surface area contributed by atoms with Gasteiger partial charge in [0, 0.05) is 6.42 Å². The number of amides is 1. The first-order chi connectivity index (χ1) is 13.3. The van der Waals surface area contributed by atoms with Crippen LogP contribution in [-0.4, -0.2) is 43.1 Å². The topological polar surface area (TPSA) is 46.9 Å². The van der Waals surface area contributed by atoms with E-state index in [1.165, 1.54) is 0 Å². The number of para-hydroxylation sites is 1. The van der Waals surface area contributed by atoms with Gasteiger partial charge < -0.3 is 9.64 Å². The summed E-state index contributed by atoms with van der Waals surface area (Å²) in [5.74, 6) is 1.09. The number of pyridine rings is 1. The molecule has 0 aliphatic carbocycles. The lowest BCUT2D eigenvalue weighted by molar-refractivity contribution is -0.367. The molecule has 1 saturated heterocycles. The van der Waals surface area contributed by atoms with Gasteiger partial charge in [-0.2, -0.15) is 13.2 Å². The van der Waals surface area contributed by atoms with Crippen molar-refractivity contribution >= 4 is 23.3 Å². The first-order valence-corrected chi connectivity index (χ1v) is 9.27. The number of benzene rings is 1. The number of hydrogen-bond donors (Lipinski definition) is 0. The molecule has 0 bridgehead atoms. The second-order valence-electron chi connectivity index (χ2n) is 6.81. The Morgan fingerprint density at radius 1 is 1.18 bits per heavy atom. The number of carbonyl (C=O) groups is 1. The zero-order chi connectivity index (χ0) is 19.9. The van der Waals surface area contributed by atoms with Gasteiger partial charge in [0.05, 0.1) is 18.7 Å². The first-order valence-electron chi connectivity index (χ1n) is 8.89. The number of fused-ring (bicyclic) bond motifs is 1. The van der Waals surface area contributed by atoms with Gasteiger partial charge in [0.1, 0.15) is 30.1 Å². The molecule has 28 heavy (non-hydrogen) atoms. The van der Waals surface area contributed by atoms with Gasteiger partial charge >= 0.3 is 6.18 Å². The molecule has 2 aromatic rings. The van der Waals surface area contributed by atoms with E-state index in [1.54, 1.807) is 4.90 Å². The number of aromatic nitrogens is 1. The Morgan fingerprint density at radius 2 is 1.89 bits per heavy atom. The third-order valence-corrected chi connectivity index (χ3v) is 5.32. The van der Waals surface area contributed by atoms with Crippen LogP contribution in [0, 0.1) is 0 Å². The summed E-state index contributed by atoms with van der Waals surface area (Å²) in [7, 11) is 0. The van der Waals surface area contributed by atoms with Crippen LogP contribution in [0.3, 0.4) is 0 Å². The minimum absolute atomic E-state index is 0.00387. The zero-order valence-corrected chi connectivity index (χ0v) is 15.6. The molecule has 2 aliphatic heterocycles. The molecule has 0 unspecified atom stereocenters. The predicted molar refractivity (Wildman–Crippen MR) is 96.4 cm³/mol. The van der Waals surface area contributed by atoms with E-state index in [2.05, 4.69) is 4.98 Å². The summed E-state index contributed by atoms with van der Waals surface area (Å²) in [6.07, 6.45) is -3.52. The van der Waals surface area contributed by atoms with Crippen LogP contribution < -0.4 is 14.6 Å². The van der Waals surface area contributed by atoms with Crippen LogP contribution in [0.15, 0.2) is 36.5 Å². The van der Waals surface area contributed by atoms with Crippen LogP contribution in [0.5, 0.6) is 5.75 Å². The standard InChI is InChI=1S/C19H17ClF3N3O2/c20-14-10-13(19(21,22)23)11-24-17(14)25-5-7-26(8-6-25)18(27)16-9-12-3-1-2-4-15(12)28-16/h1-4,10-11,16H,5-9H2/p+1/t16-/m1/s1. The molecule has 2 aliphatic rings. The molecule has 0 radical (unpaired) electrons. The van der Waals surface area contributed by atoms with Crippen LogP contribution in [0.2, 0.25) is 5.02 Å². The van der Waals surface area contributed by atoms with Crippen molar-refractivity contribution in [2.45, 2.75) is 18.7 Å². The monoisotopic (exact) mass is 412 g/mol. The molecule has 1 aromatic carbocycles. The average molecular weight is 413 g/mol. The number of H-pyrrole nitrogens is 1. The number of piperazine rings is 1. The molecule has 1 N–H and O–H groups in total. The van der Waals surface area contributed by atoms with Crippen LogP contribution in [0.1, 0.15) is 11.1 Å². The second kappa shape index (κ2) is 7.16. The summed E-state index contributed by atoms with van der Waals surface area (Å²) >= 11 is 6.05.